The van der Waals surface area contributed by atoms with Gasteiger partial charge in [0.1, 0.15) is 0 Å². The van der Waals surface area contributed by atoms with Crippen LogP contribution in [-0.2, 0) is 22.3 Å². The van der Waals surface area contributed by atoms with Crippen molar-refractivity contribution >= 4 is 11.8 Å². The predicted octanol–water partition coefficient (Wildman–Crippen LogP) is 1.78. The number of amides is 2. The van der Waals surface area contributed by atoms with E-state index in [9.17, 15) is 22.8 Å². The van der Waals surface area contributed by atoms with Crippen LogP contribution >= 0.6 is 0 Å². The van der Waals surface area contributed by atoms with Gasteiger partial charge in [0, 0.05) is 26.1 Å². The summed E-state index contributed by atoms with van der Waals surface area (Å²) in [5, 5.41) is 5.76. The molecule has 0 bridgehead atoms. The fourth-order valence-electron chi connectivity index (χ4n) is 2.79. The minimum absolute atomic E-state index is 0.0757. The lowest BCUT2D eigenvalue weighted by Gasteiger charge is -2.17. The van der Waals surface area contributed by atoms with Gasteiger partial charge in [0.15, 0.2) is 0 Å². The first-order valence-electron chi connectivity index (χ1n) is 8.17. The van der Waals surface area contributed by atoms with Crippen LogP contribution in [-0.4, -0.2) is 43.4 Å². The van der Waals surface area contributed by atoms with E-state index >= 15 is 0 Å². The van der Waals surface area contributed by atoms with E-state index in [0.717, 1.165) is 25.1 Å². The fraction of sp³-hybridized carbons (Fsp3) is 0.529. The molecule has 0 aliphatic carbocycles. The van der Waals surface area contributed by atoms with Gasteiger partial charge >= 0.3 is 6.18 Å². The fourth-order valence-corrected chi connectivity index (χ4v) is 2.79. The Morgan fingerprint density at radius 2 is 2.08 bits per heavy atom. The van der Waals surface area contributed by atoms with Crippen molar-refractivity contribution in [3.63, 3.8) is 0 Å². The second-order valence-electron chi connectivity index (χ2n) is 6.12. The maximum atomic E-state index is 12.8. The SMILES string of the molecule is CNCCCNC(=O)C1CC(=O)N(Cc2cccc(C(F)(F)F)c2)C1. The highest BCUT2D eigenvalue weighted by Crippen LogP contribution is 2.30. The molecule has 0 aromatic heterocycles. The summed E-state index contributed by atoms with van der Waals surface area (Å²) in [7, 11) is 1.82. The lowest BCUT2D eigenvalue weighted by molar-refractivity contribution is -0.137. The molecule has 1 atom stereocenters. The van der Waals surface area contributed by atoms with E-state index in [4.69, 9.17) is 0 Å². The highest BCUT2D eigenvalue weighted by Gasteiger charge is 2.35. The third kappa shape index (κ3) is 5.45. The van der Waals surface area contributed by atoms with Gasteiger partial charge in [-0.05, 0) is 37.7 Å². The molecule has 25 heavy (non-hydrogen) atoms. The van der Waals surface area contributed by atoms with Crippen LogP contribution in [0.1, 0.15) is 24.0 Å². The van der Waals surface area contributed by atoms with E-state index in [1.807, 2.05) is 7.05 Å². The molecule has 2 rings (SSSR count). The molecular formula is C17H22F3N3O2. The first kappa shape index (κ1) is 19.2. The molecule has 1 saturated heterocycles. The molecule has 5 nitrogen and oxygen atoms in total. The van der Waals surface area contributed by atoms with Gasteiger partial charge < -0.3 is 15.5 Å². The number of carbonyl (C=O) groups is 2. The Morgan fingerprint density at radius 1 is 1.32 bits per heavy atom. The Kier molecular flexibility index (Phi) is 6.41. The van der Waals surface area contributed by atoms with Crippen LogP contribution in [0.5, 0.6) is 0 Å². The van der Waals surface area contributed by atoms with Crippen LogP contribution < -0.4 is 10.6 Å². The molecule has 1 unspecified atom stereocenters. The summed E-state index contributed by atoms with van der Waals surface area (Å²) < 4.78 is 38.3. The Bertz CT molecular complexity index is 619. The third-order valence-electron chi connectivity index (χ3n) is 4.12. The first-order valence-corrected chi connectivity index (χ1v) is 8.17. The molecule has 0 saturated carbocycles. The molecular weight excluding hydrogens is 335 g/mol. The second kappa shape index (κ2) is 8.33. The average molecular weight is 357 g/mol. The molecule has 2 N–H and O–H groups in total. The number of hydrogen-bond acceptors (Lipinski definition) is 3. The lowest BCUT2D eigenvalue weighted by Crippen LogP contribution is -2.34. The summed E-state index contributed by atoms with van der Waals surface area (Å²) in [5.41, 5.74) is -0.339. The van der Waals surface area contributed by atoms with Gasteiger partial charge in [-0.2, -0.15) is 13.2 Å². The number of alkyl halides is 3. The van der Waals surface area contributed by atoms with Gasteiger partial charge in [-0.25, -0.2) is 0 Å². The largest absolute Gasteiger partial charge is 0.416 e. The molecule has 8 heteroatoms. The highest BCUT2D eigenvalue weighted by molar-refractivity contribution is 5.89. The van der Waals surface area contributed by atoms with Gasteiger partial charge in [0.05, 0.1) is 11.5 Å². The van der Waals surface area contributed by atoms with Gasteiger partial charge in [-0.15, -0.1) is 0 Å². The molecule has 1 aliphatic rings. The van der Waals surface area contributed by atoms with Gasteiger partial charge in [-0.1, -0.05) is 12.1 Å². The number of likely N-dealkylation sites (tertiary alicyclic amines) is 1. The summed E-state index contributed by atoms with van der Waals surface area (Å²) in [5.74, 6) is -0.850. The summed E-state index contributed by atoms with van der Waals surface area (Å²) in [6.45, 7) is 1.61. The van der Waals surface area contributed by atoms with Crippen LogP contribution in [0.3, 0.4) is 0 Å². The molecule has 1 heterocycles. The van der Waals surface area contributed by atoms with Gasteiger partial charge in [-0.3, -0.25) is 9.59 Å². The number of nitrogens with zero attached hydrogens (tertiary/aromatic N) is 1. The number of carbonyl (C=O) groups excluding carboxylic acids is 2. The zero-order valence-corrected chi connectivity index (χ0v) is 14.0. The normalized spacial score (nSPS) is 17.8. The minimum atomic E-state index is -4.42. The minimum Gasteiger partial charge on any atom is -0.356 e. The average Bonchev–Trinajstić information content (AvgIpc) is 2.92. The molecule has 0 spiro atoms. The molecule has 1 aliphatic heterocycles. The Balaban J connectivity index is 1.91. The van der Waals surface area contributed by atoms with Crippen LogP contribution in [0.25, 0.3) is 0 Å². The summed E-state index contributed by atoms with van der Waals surface area (Å²) in [4.78, 5) is 25.6. The van der Waals surface area contributed by atoms with Crippen LogP contribution in [0, 0.1) is 5.92 Å². The number of hydrogen-bond donors (Lipinski definition) is 2. The van der Waals surface area contributed by atoms with E-state index < -0.39 is 17.7 Å². The van der Waals surface area contributed by atoms with Crippen molar-refractivity contribution < 1.29 is 22.8 Å². The molecule has 1 aromatic rings. The maximum Gasteiger partial charge on any atom is 0.416 e. The van der Waals surface area contributed by atoms with E-state index in [1.54, 1.807) is 6.07 Å². The van der Waals surface area contributed by atoms with Crippen molar-refractivity contribution in [1.82, 2.24) is 15.5 Å². The van der Waals surface area contributed by atoms with Gasteiger partial charge in [0.25, 0.3) is 0 Å². The van der Waals surface area contributed by atoms with Crippen molar-refractivity contribution in [2.45, 2.75) is 25.6 Å². The Morgan fingerprint density at radius 3 is 2.76 bits per heavy atom. The predicted molar refractivity (Wildman–Crippen MR) is 86.5 cm³/mol. The Labute approximate surface area is 144 Å². The van der Waals surface area contributed by atoms with E-state index in [1.165, 1.54) is 11.0 Å². The molecule has 1 aromatic carbocycles. The first-order chi connectivity index (χ1) is 11.8. The van der Waals surface area contributed by atoms with E-state index in [2.05, 4.69) is 10.6 Å². The maximum absolute atomic E-state index is 12.8. The summed E-state index contributed by atoms with van der Waals surface area (Å²) in [6.07, 6.45) is -3.53. The van der Waals surface area contributed by atoms with Crippen molar-refractivity contribution in [1.29, 1.82) is 0 Å². The van der Waals surface area contributed by atoms with Crippen molar-refractivity contribution in [2.24, 2.45) is 5.92 Å². The van der Waals surface area contributed by atoms with Crippen molar-refractivity contribution in [2.75, 3.05) is 26.7 Å². The topological polar surface area (TPSA) is 61.4 Å². The molecule has 2 amide bonds. The highest BCUT2D eigenvalue weighted by atomic mass is 19.4. The quantitative estimate of drug-likeness (QED) is 0.732. The van der Waals surface area contributed by atoms with Crippen LogP contribution in [0.2, 0.25) is 0 Å². The second-order valence-corrected chi connectivity index (χ2v) is 6.12. The zero-order chi connectivity index (χ0) is 18.4. The number of benzene rings is 1. The lowest BCUT2D eigenvalue weighted by atomic mass is 10.1. The monoisotopic (exact) mass is 357 g/mol. The van der Waals surface area contributed by atoms with Crippen molar-refractivity contribution in [3.8, 4) is 0 Å². The van der Waals surface area contributed by atoms with Crippen LogP contribution in [0.4, 0.5) is 13.2 Å². The summed E-state index contributed by atoms with van der Waals surface area (Å²) >= 11 is 0. The summed E-state index contributed by atoms with van der Waals surface area (Å²) in [6, 6.07) is 4.91. The van der Waals surface area contributed by atoms with Crippen molar-refractivity contribution in [3.05, 3.63) is 35.4 Å². The van der Waals surface area contributed by atoms with Gasteiger partial charge in [0.2, 0.25) is 11.8 Å². The molecule has 1 fully saturated rings. The number of rotatable bonds is 7. The standard InChI is InChI=1S/C17H22F3N3O2/c1-21-6-3-7-22-16(25)13-9-15(24)23(11-13)10-12-4-2-5-14(8-12)17(18,19)20/h2,4-5,8,13,21H,3,6-7,9-11H2,1H3,(H,22,25). The Hall–Kier alpha value is -2.09. The molecule has 138 valence electrons. The third-order valence-corrected chi connectivity index (χ3v) is 4.12. The van der Waals surface area contributed by atoms with E-state index in [0.29, 0.717) is 12.1 Å². The zero-order valence-electron chi connectivity index (χ0n) is 14.0. The number of halogens is 3. The smallest absolute Gasteiger partial charge is 0.356 e. The number of nitrogens with one attached hydrogen (secondary N) is 2. The van der Waals surface area contributed by atoms with Crippen LogP contribution in [0.15, 0.2) is 24.3 Å². The molecule has 0 radical (unpaired) electrons. The van der Waals surface area contributed by atoms with E-state index in [-0.39, 0.29) is 31.3 Å².